The first-order valence-corrected chi connectivity index (χ1v) is 8.78. The molecule has 2 aliphatic heterocycles. The standard InChI is InChI=1S/C21H22N2O2/c1-16-6-5-9-18(12-16)23-15-21(13-19(23)24)10-11-22(14-21)20(25)17-7-3-2-4-8-17/h2-9,12H,10-11,13-15H2,1H3/t21-/m1/s1. The summed E-state index contributed by atoms with van der Waals surface area (Å²) in [6.07, 6.45) is 1.42. The van der Waals surface area contributed by atoms with Crippen molar-refractivity contribution in [3.05, 3.63) is 65.7 Å². The molecule has 2 aliphatic rings. The fourth-order valence-electron chi connectivity index (χ4n) is 4.07. The third-order valence-corrected chi connectivity index (χ3v) is 5.38. The summed E-state index contributed by atoms with van der Waals surface area (Å²) in [5.74, 6) is 0.235. The molecule has 4 rings (SSSR count). The lowest BCUT2D eigenvalue weighted by molar-refractivity contribution is -0.117. The van der Waals surface area contributed by atoms with Gasteiger partial charge in [0, 0.05) is 42.7 Å². The van der Waals surface area contributed by atoms with Crippen molar-refractivity contribution in [3.8, 4) is 0 Å². The zero-order valence-corrected chi connectivity index (χ0v) is 14.4. The Hall–Kier alpha value is -2.62. The maximum atomic E-state index is 12.7. The van der Waals surface area contributed by atoms with Gasteiger partial charge in [0.05, 0.1) is 0 Å². The summed E-state index contributed by atoms with van der Waals surface area (Å²) in [6.45, 7) is 4.13. The van der Waals surface area contributed by atoms with Crippen LogP contribution in [0.15, 0.2) is 54.6 Å². The van der Waals surface area contributed by atoms with E-state index in [2.05, 4.69) is 6.07 Å². The van der Waals surface area contributed by atoms with Crippen molar-refractivity contribution < 1.29 is 9.59 Å². The SMILES string of the molecule is Cc1cccc(N2C[C@]3(CCN(C(=O)c4ccccc4)C3)CC2=O)c1. The molecule has 0 N–H and O–H groups in total. The molecular formula is C21H22N2O2. The van der Waals surface area contributed by atoms with Gasteiger partial charge >= 0.3 is 0 Å². The maximum Gasteiger partial charge on any atom is 0.253 e. The van der Waals surface area contributed by atoms with Crippen molar-refractivity contribution in [1.82, 2.24) is 4.90 Å². The molecule has 2 aromatic rings. The van der Waals surface area contributed by atoms with Crippen LogP contribution in [0.4, 0.5) is 5.69 Å². The van der Waals surface area contributed by atoms with Gasteiger partial charge in [0.15, 0.2) is 0 Å². The third kappa shape index (κ3) is 2.93. The highest BCUT2D eigenvalue weighted by atomic mass is 16.2. The molecule has 0 aliphatic carbocycles. The van der Waals surface area contributed by atoms with Crippen LogP contribution in [-0.4, -0.2) is 36.3 Å². The summed E-state index contributed by atoms with van der Waals surface area (Å²) >= 11 is 0. The monoisotopic (exact) mass is 334 g/mol. The van der Waals surface area contributed by atoms with Crippen LogP contribution in [0.3, 0.4) is 0 Å². The molecule has 2 fully saturated rings. The Morgan fingerprint density at radius 2 is 1.84 bits per heavy atom. The van der Waals surface area contributed by atoms with Crippen molar-refractivity contribution in [2.45, 2.75) is 19.8 Å². The van der Waals surface area contributed by atoms with Gasteiger partial charge in [-0.25, -0.2) is 0 Å². The van der Waals surface area contributed by atoms with Crippen molar-refractivity contribution in [2.24, 2.45) is 5.41 Å². The number of benzene rings is 2. The van der Waals surface area contributed by atoms with Crippen LogP contribution in [-0.2, 0) is 4.79 Å². The second-order valence-corrected chi connectivity index (χ2v) is 7.34. The normalized spacial score (nSPS) is 22.8. The average molecular weight is 334 g/mol. The van der Waals surface area contributed by atoms with E-state index in [0.717, 1.165) is 29.8 Å². The summed E-state index contributed by atoms with van der Waals surface area (Å²) in [5, 5.41) is 0. The fraction of sp³-hybridized carbons (Fsp3) is 0.333. The highest BCUT2D eigenvalue weighted by Gasteiger charge is 2.48. The maximum absolute atomic E-state index is 12.7. The molecule has 0 aromatic heterocycles. The number of hydrogen-bond acceptors (Lipinski definition) is 2. The number of carbonyl (C=O) groups is 2. The lowest BCUT2D eigenvalue weighted by atomic mass is 9.86. The molecule has 0 unspecified atom stereocenters. The lowest BCUT2D eigenvalue weighted by Gasteiger charge is -2.24. The zero-order chi connectivity index (χ0) is 17.4. The molecule has 4 heteroatoms. The number of likely N-dealkylation sites (tertiary alicyclic amines) is 1. The van der Waals surface area contributed by atoms with Gasteiger partial charge in [-0.15, -0.1) is 0 Å². The van der Waals surface area contributed by atoms with Crippen molar-refractivity contribution >= 4 is 17.5 Å². The number of hydrogen-bond donors (Lipinski definition) is 0. The Bertz CT molecular complexity index is 818. The van der Waals surface area contributed by atoms with Crippen LogP contribution in [0.25, 0.3) is 0 Å². The predicted molar refractivity (Wildman–Crippen MR) is 97.5 cm³/mol. The topological polar surface area (TPSA) is 40.6 Å². The van der Waals surface area contributed by atoms with E-state index in [1.54, 1.807) is 0 Å². The molecule has 25 heavy (non-hydrogen) atoms. The Balaban J connectivity index is 1.51. The van der Waals surface area contributed by atoms with Gasteiger partial charge in [-0.1, -0.05) is 30.3 Å². The molecule has 2 heterocycles. The van der Waals surface area contributed by atoms with E-state index < -0.39 is 0 Å². The minimum Gasteiger partial charge on any atom is -0.338 e. The van der Waals surface area contributed by atoms with Crippen molar-refractivity contribution in [1.29, 1.82) is 0 Å². The Morgan fingerprint density at radius 1 is 1.04 bits per heavy atom. The highest BCUT2D eigenvalue weighted by molar-refractivity contribution is 5.97. The van der Waals surface area contributed by atoms with E-state index in [4.69, 9.17) is 0 Å². The first-order chi connectivity index (χ1) is 12.1. The Morgan fingerprint density at radius 3 is 2.60 bits per heavy atom. The van der Waals surface area contributed by atoms with Crippen LogP contribution >= 0.6 is 0 Å². The molecular weight excluding hydrogens is 312 g/mol. The molecule has 0 radical (unpaired) electrons. The minimum absolute atomic E-state index is 0.0685. The van der Waals surface area contributed by atoms with Crippen molar-refractivity contribution in [2.75, 3.05) is 24.5 Å². The zero-order valence-electron chi connectivity index (χ0n) is 14.4. The largest absolute Gasteiger partial charge is 0.338 e. The van der Waals surface area contributed by atoms with Gasteiger partial charge in [0.25, 0.3) is 5.91 Å². The lowest BCUT2D eigenvalue weighted by Crippen LogP contribution is -2.34. The highest BCUT2D eigenvalue weighted by Crippen LogP contribution is 2.42. The van der Waals surface area contributed by atoms with Gasteiger partial charge in [-0.2, -0.15) is 0 Å². The molecule has 0 bridgehead atoms. The minimum atomic E-state index is -0.106. The first kappa shape index (κ1) is 15.9. The van der Waals surface area contributed by atoms with Crippen LogP contribution in [0.1, 0.15) is 28.8 Å². The van der Waals surface area contributed by atoms with Crippen LogP contribution < -0.4 is 4.90 Å². The van der Waals surface area contributed by atoms with Gasteiger partial charge in [0.1, 0.15) is 0 Å². The molecule has 2 amide bonds. The van der Waals surface area contributed by atoms with Gasteiger partial charge in [-0.05, 0) is 43.2 Å². The number of aryl methyl sites for hydroxylation is 1. The summed E-state index contributed by atoms with van der Waals surface area (Å²) < 4.78 is 0. The smallest absolute Gasteiger partial charge is 0.253 e. The van der Waals surface area contributed by atoms with Gasteiger partial charge in [-0.3, -0.25) is 9.59 Å². The Kier molecular flexibility index (Phi) is 3.83. The fourth-order valence-corrected chi connectivity index (χ4v) is 4.07. The summed E-state index contributed by atoms with van der Waals surface area (Å²) in [5.41, 5.74) is 2.73. The van der Waals surface area contributed by atoms with Crippen LogP contribution in [0.5, 0.6) is 0 Å². The van der Waals surface area contributed by atoms with Gasteiger partial charge < -0.3 is 9.80 Å². The van der Waals surface area contributed by atoms with E-state index in [-0.39, 0.29) is 17.2 Å². The molecule has 1 atom stereocenters. The summed E-state index contributed by atoms with van der Waals surface area (Å²) in [6, 6.07) is 17.5. The number of amides is 2. The molecule has 0 saturated carbocycles. The molecule has 4 nitrogen and oxygen atoms in total. The molecule has 1 spiro atoms. The number of anilines is 1. The van der Waals surface area contributed by atoms with Crippen LogP contribution in [0, 0.1) is 12.3 Å². The molecule has 128 valence electrons. The summed E-state index contributed by atoms with van der Waals surface area (Å²) in [4.78, 5) is 29.1. The van der Waals surface area contributed by atoms with E-state index in [1.165, 1.54) is 0 Å². The van der Waals surface area contributed by atoms with Crippen molar-refractivity contribution in [3.63, 3.8) is 0 Å². The average Bonchev–Trinajstić information content (AvgIpc) is 3.18. The quantitative estimate of drug-likeness (QED) is 0.846. The van der Waals surface area contributed by atoms with E-state index in [9.17, 15) is 9.59 Å². The number of rotatable bonds is 2. The number of nitrogens with zero attached hydrogens (tertiary/aromatic N) is 2. The van der Waals surface area contributed by atoms with E-state index in [0.29, 0.717) is 19.5 Å². The second kappa shape index (κ2) is 6.03. The first-order valence-electron chi connectivity index (χ1n) is 8.78. The van der Waals surface area contributed by atoms with E-state index in [1.807, 2.05) is 65.3 Å². The second-order valence-electron chi connectivity index (χ2n) is 7.34. The number of carbonyl (C=O) groups excluding carboxylic acids is 2. The summed E-state index contributed by atoms with van der Waals surface area (Å²) in [7, 11) is 0. The molecule has 2 saturated heterocycles. The Labute approximate surface area is 148 Å². The van der Waals surface area contributed by atoms with Crippen LogP contribution in [0.2, 0.25) is 0 Å². The van der Waals surface area contributed by atoms with E-state index >= 15 is 0 Å². The van der Waals surface area contributed by atoms with Gasteiger partial charge in [0.2, 0.25) is 5.91 Å². The third-order valence-electron chi connectivity index (χ3n) is 5.38. The molecule has 2 aromatic carbocycles. The predicted octanol–water partition coefficient (Wildman–Crippen LogP) is 3.26.